The minimum atomic E-state index is 0.578. The molecular weight excluding hydrogens is 759 g/mol. The van der Waals surface area contributed by atoms with Crippen LogP contribution in [0.25, 0.3) is 86.3 Å². The van der Waals surface area contributed by atoms with Gasteiger partial charge in [-0.25, -0.2) is 0 Å². The molecular formula is C58H43NOS. The van der Waals surface area contributed by atoms with Crippen LogP contribution < -0.4 is 4.90 Å². The molecule has 0 aliphatic heterocycles. The minimum absolute atomic E-state index is 0.578. The molecule has 0 spiro atoms. The number of para-hydroxylation sites is 3. The molecule has 0 atom stereocenters. The van der Waals surface area contributed by atoms with Gasteiger partial charge in [0.15, 0.2) is 0 Å². The zero-order valence-corrected chi connectivity index (χ0v) is 34.7. The van der Waals surface area contributed by atoms with Crippen LogP contribution in [0.2, 0.25) is 0 Å². The van der Waals surface area contributed by atoms with Crippen LogP contribution in [0.15, 0.2) is 199 Å². The Morgan fingerprint density at radius 3 is 1.92 bits per heavy atom. The van der Waals surface area contributed by atoms with Crippen molar-refractivity contribution in [3.8, 4) is 33.4 Å². The normalized spacial score (nSPS) is 13.5. The summed E-state index contributed by atoms with van der Waals surface area (Å²) in [5, 5.41) is 7.59. The van der Waals surface area contributed by atoms with E-state index in [2.05, 4.69) is 193 Å². The lowest BCUT2D eigenvalue weighted by molar-refractivity contribution is 0.445. The fourth-order valence-electron chi connectivity index (χ4n) is 10.2. The third kappa shape index (κ3) is 6.14. The summed E-state index contributed by atoms with van der Waals surface area (Å²) in [7, 11) is 0. The van der Waals surface area contributed by atoms with E-state index >= 15 is 0 Å². The van der Waals surface area contributed by atoms with Gasteiger partial charge in [-0.1, -0.05) is 165 Å². The molecule has 1 fully saturated rings. The zero-order valence-electron chi connectivity index (χ0n) is 33.9. The lowest BCUT2D eigenvalue weighted by Gasteiger charge is -2.31. The Bertz CT molecular complexity index is 3410. The van der Waals surface area contributed by atoms with Crippen LogP contribution in [0.5, 0.6) is 0 Å². The van der Waals surface area contributed by atoms with E-state index in [-0.39, 0.29) is 0 Å². The van der Waals surface area contributed by atoms with E-state index in [1.165, 1.54) is 90.9 Å². The Morgan fingerprint density at radius 2 is 1.07 bits per heavy atom. The van der Waals surface area contributed by atoms with Gasteiger partial charge < -0.3 is 9.32 Å². The average Bonchev–Trinajstić information content (AvgIpc) is 3.91. The highest BCUT2D eigenvalue weighted by molar-refractivity contribution is 7.26. The van der Waals surface area contributed by atoms with E-state index < -0.39 is 0 Å². The third-order valence-corrected chi connectivity index (χ3v) is 14.3. The first-order valence-corrected chi connectivity index (χ1v) is 22.5. The summed E-state index contributed by atoms with van der Waals surface area (Å²) in [4.78, 5) is 2.49. The molecule has 1 aliphatic rings. The highest BCUT2D eigenvalue weighted by atomic mass is 32.1. The number of benzene rings is 9. The summed E-state index contributed by atoms with van der Waals surface area (Å²) in [6.45, 7) is 0. The summed E-state index contributed by atoms with van der Waals surface area (Å²) < 4.78 is 8.95. The van der Waals surface area contributed by atoms with Gasteiger partial charge in [-0.3, -0.25) is 0 Å². The summed E-state index contributed by atoms with van der Waals surface area (Å²) >= 11 is 1.88. The van der Waals surface area contributed by atoms with Gasteiger partial charge in [0.2, 0.25) is 0 Å². The summed E-state index contributed by atoms with van der Waals surface area (Å²) in [5.74, 6) is 0.578. The van der Waals surface area contributed by atoms with Crippen molar-refractivity contribution in [1.29, 1.82) is 0 Å². The second kappa shape index (κ2) is 15.0. The van der Waals surface area contributed by atoms with Gasteiger partial charge in [0.25, 0.3) is 0 Å². The molecule has 1 aliphatic carbocycles. The van der Waals surface area contributed by atoms with E-state index in [1.54, 1.807) is 0 Å². The maximum atomic E-state index is 6.29. The SMILES string of the molecule is c1ccc(N(c2ccc(-c3cccc4c3sc3ccccc34)cc2)c2ccccc2-c2cccc3cccc(C4CCCCC4)c23)c(-c2ccc3oc4ccccc4c3c2)c1. The number of fused-ring (bicyclic) bond motifs is 7. The minimum Gasteiger partial charge on any atom is -0.456 e. The Hall–Kier alpha value is -6.94. The van der Waals surface area contributed by atoms with E-state index in [0.717, 1.165) is 50.1 Å². The molecule has 0 bridgehead atoms. The van der Waals surface area contributed by atoms with Crippen molar-refractivity contribution in [1.82, 2.24) is 0 Å². The van der Waals surface area contributed by atoms with Gasteiger partial charge in [0, 0.05) is 47.8 Å². The highest BCUT2D eigenvalue weighted by Crippen LogP contribution is 2.49. The molecule has 3 heteroatoms. The van der Waals surface area contributed by atoms with E-state index in [9.17, 15) is 0 Å². The van der Waals surface area contributed by atoms with Gasteiger partial charge in [-0.2, -0.15) is 0 Å². The highest BCUT2D eigenvalue weighted by Gasteiger charge is 2.24. The van der Waals surface area contributed by atoms with Crippen molar-refractivity contribution >= 4 is 81.3 Å². The second-order valence-electron chi connectivity index (χ2n) is 16.6. The molecule has 2 aromatic heterocycles. The summed E-state index contributed by atoms with van der Waals surface area (Å²) in [6.07, 6.45) is 6.46. The lowest BCUT2D eigenvalue weighted by atomic mass is 9.80. The first-order valence-electron chi connectivity index (χ1n) is 21.7. The molecule has 0 radical (unpaired) electrons. The molecule has 0 unspecified atom stereocenters. The van der Waals surface area contributed by atoms with E-state index in [4.69, 9.17) is 4.42 Å². The van der Waals surface area contributed by atoms with Crippen molar-refractivity contribution in [2.45, 2.75) is 38.0 Å². The first-order chi connectivity index (χ1) is 30.3. The van der Waals surface area contributed by atoms with Crippen molar-refractivity contribution in [3.63, 3.8) is 0 Å². The fourth-order valence-corrected chi connectivity index (χ4v) is 11.5. The Labute approximate surface area is 360 Å². The molecule has 61 heavy (non-hydrogen) atoms. The fraction of sp³-hybridized carbons (Fsp3) is 0.103. The Kier molecular flexibility index (Phi) is 8.82. The number of anilines is 3. The van der Waals surface area contributed by atoms with Crippen molar-refractivity contribution < 1.29 is 4.42 Å². The molecule has 1 saturated carbocycles. The number of hydrogen-bond acceptors (Lipinski definition) is 3. The van der Waals surface area contributed by atoms with Crippen LogP contribution in [-0.4, -0.2) is 0 Å². The Morgan fingerprint density at radius 1 is 0.443 bits per heavy atom. The zero-order chi connectivity index (χ0) is 40.3. The molecule has 0 amide bonds. The van der Waals surface area contributed by atoms with Crippen LogP contribution in [0.1, 0.15) is 43.6 Å². The smallest absolute Gasteiger partial charge is 0.135 e. The molecule has 2 nitrogen and oxygen atoms in total. The third-order valence-electron chi connectivity index (χ3n) is 13.1. The number of hydrogen-bond donors (Lipinski definition) is 0. The molecule has 0 N–H and O–H groups in total. The van der Waals surface area contributed by atoms with Crippen LogP contribution in [0.4, 0.5) is 17.1 Å². The number of nitrogens with zero attached hydrogens (tertiary/aromatic N) is 1. The molecule has 0 saturated heterocycles. The largest absolute Gasteiger partial charge is 0.456 e. The van der Waals surface area contributed by atoms with Crippen LogP contribution in [0, 0.1) is 0 Å². The average molecular weight is 802 g/mol. The van der Waals surface area contributed by atoms with E-state index in [0.29, 0.717) is 5.92 Å². The summed E-state index contributed by atoms with van der Waals surface area (Å²) in [6, 6.07) is 71.6. The van der Waals surface area contributed by atoms with Crippen LogP contribution in [-0.2, 0) is 0 Å². The number of thiophene rings is 1. The van der Waals surface area contributed by atoms with Gasteiger partial charge >= 0.3 is 0 Å². The summed E-state index contributed by atoms with van der Waals surface area (Å²) in [5.41, 5.74) is 14.0. The standard InChI is InChI=1S/C58H43NOS/c1-2-15-38(16-3-1)44-23-12-17-40-18-13-25-49(57(40)44)46-20-5-9-28-53(46)59(42-34-31-39(32-35-42)45-24-14-26-50-48-22-7-11-30-56(48)61-58(45)50)52-27-8-4-19-43(52)41-33-36-55-51(37-41)47-21-6-10-29-54(47)60-55/h4-14,17-38H,1-3,15-16H2. The van der Waals surface area contributed by atoms with Crippen molar-refractivity contribution in [3.05, 3.63) is 200 Å². The van der Waals surface area contributed by atoms with Crippen molar-refractivity contribution in [2.75, 3.05) is 4.90 Å². The van der Waals surface area contributed by atoms with Gasteiger partial charge in [0.05, 0.1) is 11.4 Å². The second-order valence-corrected chi connectivity index (χ2v) is 17.6. The lowest BCUT2D eigenvalue weighted by Crippen LogP contribution is -2.12. The predicted octanol–water partition coefficient (Wildman–Crippen LogP) is 17.6. The quantitative estimate of drug-likeness (QED) is 0.160. The number of furan rings is 1. The van der Waals surface area contributed by atoms with Gasteiger partial charge in [-0.15, -0.1) is 11.3 Å². The first kappa shape index (κ1) is 36.0. The predicted molar refractivity (Wildman–Crippen MR) is 261 cm³/mol. The van der Waals surface area contributed by atoms with E-state index in [1.807, 2.05) is 17.4 Å². The Balaban J connectivity index is 1.07. The van der Waals surface area contributed by atoms with Crippen molar-refractivity contribution in [2.24, 2.45) is 0 Å². The van der Waals surface area contributed by atoms with Gasteiger partial charge in [0.1, 0.15) is 11.2 Å². The van der Waals surface area contributed by atoms with Gasteiger partial charge in [-0.05, 0) is 106 Å². The maximum Gasteiger partial charge on any atom is 0.135 e. The molecule has 12 rings (SSSR count). The number of rotatable bonds is 7. The topological polar surface area (TPSA) is 16.4 Å². The molecule has 9 aromatic carbocycles. The maximum absolute atomic E-state index is 6.29. The van der Waals surface area contributed by atoms with Crippen LogP contribution in [0.3, 0.4) is 0 Å². The molecule has 2 heterocycles. The molecule has 292 valence electrons. The molecule has 11 aromatic rings. The van der Waals surface area contributed by atoms with Crippen LogP contribution >= 0.6 is 11.3 Å². The monoisotopic (exact) mass is 801 g/mol.